The number of hydroxylamine groups is 1. The number of halogens is 1. The molecule has 9 heteroatoms. The van der Waals surface area contributed by atoms with Gasteiger partial charge in [0.05, 0.1) is 6.10 Å². The number of nitrogens with zero attached hydrogens (tertiary/aromatic N) is 2. The summed E-state index contributed by atoms with van der Waals surface area (Å²) in [7, 11) is 0. The van der Waals surface area contributed by atoms with Gasteiger partial charge in [-0.2, -0.15) is 0 Å². The molecule has 2 aromatic carbocycles. The molecule has 3 rings (SSSR count). The predicted octanol–water partition coefficient (Wildman–Crippen LogP) is 1.31. The Labute approximate surface area is 185 Å². The van der Waals surface area contributed by atoms with Crippen molar-refractivity contribution in [2.45, 2.75) is 19.1 Å². The highest BCUT2D eigenvalue weighted by molar-refractivity contribution is 5.87. The number of rotatable bonds is 4. The van der Waals surface area contributed by atoms with Crippen LogP contribution < -0.4 is 15.7 Å². The molecule has 32 heavy (non-hydrogen) atoms. The van der Waals surface area contributed by atoms with Crippen molar-refractivity contribution in [2.24, 2.45) is 0 Å². The van der Waals surface area contributed by atoms with Gasteiger partial charge >= 0.3 is 6.03 Å². The van der Waals surface area contributed by atoms with E-state index >= 15 is 0 Å². The average molecular weight is 440 g/mol. The van der Waals surface area contributed by atoms with E-state index in [9.17, 15) is 19.1 Å². The van der Waals surface area contributed by atoms with Crippen LogP contribution in [0.2, 0.25) is 0 Å². The number of nitrogens with one attached hydrogen (secondary N) is 2. The summed E-state index contributed by atoms with van der Waals surface area (Å²) in [6, 6.07) is 12.0. The highest BCUT2D eigenvalue weighted by atomic mass is 19.1. The summed E-state index contributed by atoms with van der Waals surface area (Å²) in [6.45, 7) is 3.42. The SMILES string of the molecule is C[C@@H](O)[C@H](NC(=O)N1CCN(c2ccc(C#Cc3ccc(F)cc3)cc2)CC1)C(=O)NO. The molecule has 1 aliphatic heterocycles. The summed E-state index contributed by atoms with van der Waals surface area (Å²) in [4.78, 5) is 27.7. The van der Waals surface area contributed by atoms with Gasteiger partial charge in [0.2, 0.25) is 0 Å². The zero-order valence-electron chi connectivity index (χ0n) is 17.6. The Hall–Kier alpha value is -3.61. The number of amides is 3. The largest absolute Gasteiger partial charge is 0.391 e. The van der Waals surface area contributed by atoms with E-state index in [1.807, 2.05) is 24.3 Å². The van der Waals surface area contributed by atoms with Crippen molar-refractivity contribution in [3.05, 3.63) is 65.5 Å². The number of piperazine rings is 1. The number of aliphatic hydroxyl groups excluding tert-OH is 1. The third-order valence-electron chi connectivity index (χ3n) is 5.15. The number of aliphatic hydroxyl groups is 1. The first kappa shape index (κ1) is 23.1. The van der Waals surface area contributed by atoms with Crippen molar-refractivity contribution in [1.29, 1.82) is 0 Å². The van der Waals surface area contributed by atoms with Gasteiger partial charge in [-0.1, -0.05) is 11.8 Å². The van der Waals surface area contributed by atoms with Crippen LogP contribution in [0.4, 0.5) is 14.9 Å². The summed E-state index contributed by atoms with van der Waals surface area (Å²) in [5, 5.41) is 20.8. The van der Waals surface area contributed by atoms with E-state index in [1.54, 1.807) is 17.0 Å². The molecule has 0 spiro atoms. The van der Waals surface area contributed by atoms with E-state index < -0.39 is 24.1 Å². The van der Waals surface area contributed by atoms with Crippen LogP contribution in [0, 0.1) is 17.7 Å². The van der Waals surface area contributed by atoms with E-state index in [0.717, 1.165) is 16.8 Å². The molecule has 0 aliphatic carbocycles. The molecule has 0 unspecified atom stereocenters. The molecule has 168 valence electrons. The summed E-state index contributed by atoms with van der Waals surface area (Å²) < 4.78 is 13.0. The lowest BCUT2D eigenvalue weighted by Gasteiger charge is -2.36. The molecule has 1 fully saturated rings. The Balaban J connectivity index is 1.54. The van der Waals surface area contributed by atoms with Gasteiger partial charge in [-0.05, 0) is 55.5 Å². The number of carbonyl (C=O) groups is 2. The maximum absolute atomic E-state index is 13.0. The zero-order chi connectivity index (χ0) is 23.1. The molecule has 1 aliphatic rings. The van der Waals surface area contributed by atoms with Crippen LogP contribution in [0.3, 0.4) is 0 Å². The van der Waals surface area contributed by atoms with E-state index in [1.165, 1.54) is 24.5 Å². The highest BCUT2D eigenvalue weighted by Gasteiger charge is 2.29. The lowest BCUT2D eigenvalue weighted by atomic mass is 10.1. The average Bonchev–Trinajstić information content (AvgIpc) is 2.82. The van der Waals surface area contributed by atoms with Crippen molar-refractivity contribution in [2.75, 3.05) is 31.1 Å². The van der Waals surface area contributed by atoms with E-state index in [0.29, 0.717) is 26.2 Å². The van der Waals surface area contributed by atoms with Crippen molar-refractivity contribution in [1.82, 2.24) is 15.7 Å². The zero-order valence-corrected chi connectivity index (χ0v) is 17.6. The van der Waals surface area contributed by atoms with Crippen LogP contribution in [-0.2, 0) is 4.79 Å². The van der Waals surface area contributed by atoms with Crippen LogP contribution in [-0.4, -0.2) is 65.5 Å². The minimum atomic E-state index is -1.24. The Kier molecular flexibility index (Phi) is 7.65. The maximum atomic E-state index is 13.0. The first-order valence-corrected chi connectivity index (χ1v) is 10.2. The molecule has 0 bridgehead atoms. The van der Waals surface area contributed by atoms with Gasteiger partial charge < -0.3 is 20.2 Å². The summed E-state index contributed by atoms with van der Waals surface area (Å²) in [5.41, 5.74) is 4.01. The molecule has 1 saturated heterocycles. The number of benzene rings is 2. The summed E-state index contributed by atoms with van der Waals surface area (Å²) >= 11 is 0. The van der Waals surface area contributed by atoms with Gasteiger partial charge in [0, 0.05) is 43.0 Å². The molecule has 4 N–H and O–H groups in total. The van der Waals surface area contributed by atoms with Crippen LogP contribution in [0.25, 0.3) is 0 Å². The van der Waals surface area contributed by atoms with Gasteiger partial charge in [0.15, 0.2) is 0 Å². The molecule has 2 aromatic rings. The van der Waals surface area contributed by atoms with Gasteiger partial charge in [0.1, 0.15) is 11.9 Å². The van der Waals surface area contributed by atoms with Crippen molar-refractivity contribution >= 4 is 17.6 Å². The van der Waals surface area contributed by atoms with Crippen LogP contribution >= 0.6 is 0 Å². The molecule has 8 nitrogen and oxygen atoms in total. The summed E-state index contributed by atoms with van der Waals surface area (Å²) in [6.07, 6.45) is -1.16. The minimum Gasteiger partial charge on any atom is -0.391 e. The maximum Gasteiger partial charge on any atom is 0.318 e. The molecule has 3 amide bonds. The van der Waals surface area contributed by atoms with Crippen molar-refractivity contribution in [3.8, 4) is 11.8 Å². The fourth-order valence-corrected chi connectivity index (χ4v) is 3.30. The number of carbonyl (C=O) groups excluding carboxylic acids is 2. The minimum absolute atomic E-state index is 0.295. The van der Waals surface area contributed by atoms with Gasteiger partial charge in [0.25, 0.3) is 5.91 Å². The third-order valence-corrected chi connectivity index (χ3v) is 5.15. The van der Waals surface area contributed by atoms with Gasteiger partial charge in [-0.3, -0.25) is 10.0 Å². The lowest BCUT2D eigenvalue weighted by Crippen LogP contribution is -2.58. The van der Waals surface area contributed by atoms with Crippen molar-refractivity contribution < 1.29 is 24.3 Å². The third kappa shape index (κ3) is 5.97. The number of anilines is 1. The Morgan fingerprint density at radius 1 is 0.969 bits per heavy atom. The lowest BCUT2D eigenvalue weighted by molar-refractivity contribution is -0.133. The topological polar surface area (TPSA) is 105 Å². The standard InChI is InChI=1S/C23H25FN4O4/c1-16(29)21(22(30)26-32)25-23(31)28-14-12-27(13-15-28)20-10-6-18(7-11-20)3-2-17-4-8-19(24)9-5-17/h4-11,16,21,29,32H,12-15H2,1H3,(H,25,31)(H,26,30)/t16-,21+/m1/s1. The second kappa shape index (κ2) is 10.6. The fraction of sp³-hybridized carbons (Fsp3) is 0.304. The second-order valence-electron chi connectivity index (χ2n) is 7.42. The number of urea groups is 1. The van der Waals surface area contributed by atoms with Crippen LogP contribution in [0.15, 0.2) is 48.5 Å². The normalized spacial score (nSPS) is 15.2. The van der Waals surface area contributed by atoms with Crippen LogP contribution in [0.5, 0.6) is 0 Å². The monoisotopic (exact) mass is 440 g/mol. The first-order chi connectivity index (χ1) is 15.4. The number of hydrogen-bond donors (Lipinski definition) is 4. The molecular weight excluding hydrogens is 415 g/mol. The van der Waals surface area contributed by atoms with Gasteiger partial charge in [-0.15, -0.1) is 0 Å². The molecule has 0 aromatic heterocycles. The van der Waals surface area contributed by atoms with Crippen molar-refractivity contribution in [3.63, 3.8) is 0 Å². The van der Waals surface area contributed by atoms with E-state index in [-0.39, 0.29) is 5.82 Å². The predicted molar refractivity (Wildman–Crippen MR) is 117 cm³/mol. The Morgan fingerprint density at radius 2 is 1.50 bits per heavy atom. The molecule has 0 saturated carbocycles. The van der Waals surface area contributed by atoms with E-state index in [2.05, 4.69) is 22.1 Å². The fourth-order valence-electron chi connectivity index (χ4n) is 3.30. The number of hydrogen-bond acceptors (Lipinski definition) is 5. The molecule has 2 atom stereocenters. The smallest absolute Gasteiger partial charge is 0.318 e. The second-order valence-corrected chi connectivity index (χ2v) is 7.42. The quantitative estimate of drug-likeness (QED) is 0.326. The Bertz CT molecular complexity index is 991. The first-order valence-electron chi connectivity index (χ1n) is 10.2. The molecule has 1 heterocycles. The molecular formula is C23H25FN4O4. The van der Waals surface area contributed by atoms with Crippen LogP contribution in [0.1, 0.15) is 18.1 Å². The van der Waals surface area contributed by atoms with Gasteiger partial charge in [-0.25, -0.2) is 14.7 Å². The summed E-state index contributed by atoms with van der Waals surface area (Å²) in [5.74, 6) is 4.87. The highest BCUT2D eigenvalue weighted by Crippen LogP contribution is 2.17. The molecule has 0 radical (unpaired) electrons. The Morgan fingerprint density at radius 3 is 2.00 bits per heavy atom. The van der Waals surface area contributed by atoms with E-state index in [4.69, 9.17) is 5.21 Å².